The smallest absolute Gasteiger partial charge is 0.256 e. The molecule has 0 saturated carbocycles. The van der Waals surface area contributed by atoms with Gasteiger partial charge < -0.3 is 19.4 Å². The molecule has 2 aromatic carbocycles. The van der Waals surface area contributed by atoms with Crippen molar-refractivity contribution in [3.63, 3.8) is 0 Å². The Morgan fingerprint density at radius 1 is 1.23 bits per heavy atom. The van der Waals surface area contributed by atoms with Gasteiger partial charge in [-0.15, -0.1) is 0 Å². The molecule has 1 N–H and O–H groups in total. The number of rotatable bonds is 5. The number of ether oxygens (including phenoxy) is 2. The zero-order valence-electron chi connectivity index (χ0n) is 14.8. The molecule has 1 saturated heterocycles. The Balaban J connectivity index is 1.42. The Hall–Kier alpha value is -2.79. The lowest BCUT2D eigenvalue weighted by Gasteiger charge is -2.12. The number of amides is 1. The fraction of sp³-hybridized carbons (Fsp3) is 0.286. The molecule has 1 fully saturated rings. The van der Waals surface area contributed by atoms with E-state index >= 15 is 0 Å². The average molecular weight is 350 g/mol. The van der Waals surface area contributed by atoms with Gasteiger partial charge in [0.25, 0.3) is 5.91 Å². The summed E-state index contributed by atoms with van der Waals surface area (Å²) in [6.45, 7) is 1.40. The maximum Gasteiger partial charge on any atom is 0.256 e. The number of nitrogens with zero attached hydrogens (tertiary/aromatic N) is 1. The van der Waals surface area contributed by atoms with Gasteiger partial charge in [-0.25, -0.2) is 0 Å². The first-order valence-corrected chi connectivity index (χ1v) is 8.90. The van der Waals surface area contributed by atoms with E-state index in [4.69, 9.17) is 9.47 Å². The zero-order valence-corrected chi connectivity index (χ0v) is 14.8. The number of fused-ring (bicyclic) bond motifs is 1. The van der Waals surface area contributed by atoms with Crippen molar-refractivity contribution in [2.45, 2.75) is 18.9 Å². The predicted molar refractivity (Wildman–Crippen MR) is 102 cm³/mol. The highest BCUT2D eigenvalue weighted by atomic mass is 16.5. The van der Waals surface area contributed by atoms with E-state index < -0.39 is 0 Å². The normalized spacial score (nSPS) is 16.7. The van der Waals surface area contributed by atoms with Gasteiger partial charge in [0.05, 0.1) is 6.10 Å². The number of nitrogens with one attached hydrogen (secondary N) is 1. The molecule has 1 unspecified atom stereocenters. The Labute approximate surface area is 152 Å². The summed E-state index contributed by atoms with van der Waals surface area (Å²) in [4.78, 5) is 12.7. The minimum Gasteiger partial charge on any atom is -0.491 e. The predicted octanol–water partition coefficient (Wildman–Crippen LogP) is 3.99. The van der Waals surface area contributed by atoms with Gasteiger partial charge in [0.15, 0.2) is 0 Å². The molecule has 1 amide bonds. The zero-order chi connectivity index (χ0) is 17.9. The first-order chi connectivity index (χ1) is 12.7. The number of carbonyl (C=O) groups excluding carboxylic acids is 1. The first kappa shape index (κ1) is 16.7. The molecule has 5 nitrogen and oxygen atoms in total. The topological polar surface area (TPSA) is 52.5 Å². The number of aryl methyl sites for hydroxylation is 1. The molecule has 134 valence electrons. The van der Waals surface area contributed by atoms with E-state index in [1.807, 2.05) is 66.3 Å². The maximum atomic E-state index is 12.7. The Morgan fingerprint density at radius 2 is 2.08 bits per heavy atom. The molecule has 0 radical (unpaired) electrons. The van der Waals surface area contributed by atoms with Crippen LogP contribution in [0.3, 0.4) is 0 Å². The highest BCUT2D eigenvalue weighted by Crippen LogP contribution is 2.22. The molecule has 4 rings (SSSR count). The lowest BCUT2D eigenvalue weighted by Crippen LogP contribution is -2.16. The van der Waals surface area contributed by atoms with Crippen molar-refractivity contribution in [1.82, 2.24) is 4.57 Å². The minimum absolute atomic E-state index is 0.116. The van der Waals surface area contributed by atoms with Gasteiger partial charge in [0.2, 0.25) is 0 Å². The van der Waals surface area contributed by atoms with E-state index in [1.165, 1.54) is 0 Å². The van der Waals surface area contributed by atoms with Gasteiger partial charge >= 0.3 is 0 Å². The van der Waals surface area contributed by atoms with Crippen LogP contribution >= 0.6 is 0 Å². The summed E-state index contributed by atoms with van der Waals surface area (Å²) in [5.74, 6) is 0.665. The Morgan fingerprint density at radius 3 is 2.85 bits per heavy atom. The number of hydrogen-bond donors (Lipinski definition) is 1. The van der Waals surface area contributed by atoms with Crippen molar-refractivity contribution in [1.29, 1.82) is 0 Å². The number of aromatic nitrogens is 1. The summed E-state index contributed by atoms with van der Waals surface area (Å²) in [6.07, 6.45) is 4.31. The molecule has 26 heavy (non-hydrogen) atoms. The van der Waals surface area contributed by atoms with Crippen LogP contribution in [0.15, 0.2) is 54.7 Å². The van der Waals surface area contributed by atoms with E-state index in [0.717, 1.165) is 41.8 Å². The highest BCUT2D eigenvalue weighted by Gasteiger charge is 2.16. The fourth-order valence-electron chi connectivity index (χ4n) is 3.30. The van der Waals surface area contributed by atoms with Crippen LogP contribution in [0.2, 0.25) is 0 Å². The summed E-state index contributed by atoms with van der Waals surface area (Å²) in [6, 6.07) is 15.2. The summed E-state index contributed by atoms with van der Waals surface area (Å²) in [7, 11) is 1.97. The second kappa shape index (κ2) is 7.22. The SMILES string of the molecule is Cn1ccc2c(C(=O)Nc3ccc(OCC4CCCO4)cc3)cccc21. The number of anilines is 1. The molecule has 1 atom stereocenters. The standard InChI is InChI=1S/C21H22N2O3/c1-23-12-11-18-19(5-2-6-20(18)23)21(24)22-15-7-9-16(10-8-15)26-14-17-4-3-13-25-17/h2,5-12,17H,3-4,13-14H2,1H3,(H,22,24). The number of carbonyl (C=O) groups is 1. The van der Waals surface area contributed by atoms with Crippen LogP contribution in [0.5, 0.6) is 5.75 Å². The van der Waals surface area contributed by atoms with E-state index in [2.05, 4.69) is 5.32 Å². The van der Waals surface area contributed by atoms with Gasteiger partial charge in [-0.3, -0.25) is 4.79 Å². The molecule has 0 spiro atoms. The quantitative estimate of drug-likeness (QED) is 0.757. The second-order valence-corrected chi connectivity index (χ2v) is 6.59. The van der Waals surface area contributed by atoms with Gasteiger partial charge in [-0.05, 0) is 55.3 Å². The van der Waals surface area contributed by atoms with Crippen LogP contribution < -0.4 is 10.1 Å². The number of benzene rings is 2. The van der Waals surface area contributed by atoms with E-state index in [-0.39, 0.29) is 12.0 Å². The molecule has 5 heteroatoms. The maximum absolute atomic E-state index is 12.7. The van der Waals surface area contributed by atoms with E-state index in [0.29, 0.717) is 12.2 Å². The third kappa shape index (κ3) is 3.44. The summed E-state index contributed by atoms with van der Waals surface area (Å²) < 4.78 is 13.3. The van der Waals surface area contributed by atoms with Crippen molar-refractivity contribution >= 4 is 22.5 Å². The van der Waals surface area contributed by atoms with Gasteiger partial charge in [0.1, 0.15) is 12.4 Å². The Bertz CT molecular complexity index is 909. The first-order valence-electron chi connectivity index (χ1n) is 8.90. The fourth-order valence-corrected chi connectivity index (χ4v) is 3.30. The van der Waals surface area contributed by atoms with Crippen molar-refractivity contribution in [3.8, 4) is 5.75 Å². The Kier molecular flexibility index (Phi) is 4.63. The average Bonchev–Trinajstić information content (AvgIpc) is 3.31. The van der Waals surface area contributed by atoms with Crippen molar-refractivity contribution in [3.05, 3.63) is 60.3 Å². The van der Waals surface area contributed by atoms with Gasteiger partial charge in [0, 0.05) is 42.0 Å². The largest absolute Gasteiger partial charge is 0.491 e. The molecule has 1 aromatic heterocycles. The number of hydrogen-bond acceptors (Lipinski definition) is 3. The van der Waals surface area contributed by atoms with Crippen molar-refractivity contribution in [2.24, 2.45) is 7.05 Å². The van der Waals surface area contributed by atoms with Crippen molar-refractivity contribution in [2.75, 3.05) is 18.5 Å². The highest BCUT2D eigenvalue weighted by molar-refractivity contribution is 6.12. The van der Waals surface area contributed by atoms with Crippen LogP contribution in [0.25, 0.3) is 10.9 Å². The third-order valence-electron chi connectivity index (χ3n) is 4.74. The van der Waals surface area contributed by atoms with Gasteiger partial charge in [-0.1, -0.05) is 6.07 Å². The molecule has 0 aliphatic carbocycles. The van der Waals surface area contributed by atoms with Crippen LogP contribution in [-0.4, -0.2) is 29.8 Å². The second-order valence-electron chi connectivity index (χ2n) is 6.59. The minimum atomic E-state index is -0.116. The molecule has 1 aliphatic heterocycles. The summed E-state index contributed by atoms with van der Waals surface area (Å²) in [5, 5.41) is 3.90. The summed E-state index contributed by atoms with van der Waals surface area (Å²) in [5.41, 5.74) is 2.45. The van der Waals surface area contributed by atoms with E-state index in [9.17, 15) is 4.79 Å². The molecular weight excluding hydrogens is 328 g/mol. The molecule has 1 aliphatic rings. The van der Waals surface area contributed by atoms with Crippen LogP contribution in [-0.2, 0) is 11.8 Å². The molecular formula is C21H22N2O3. The lowest BCUT2D eigenvalue weighted by molar-refractivity contribution is 0.0679. The summed E-state index contributed by atoms with van der Waals surface area (Å²) >= 11 is 0. The van der Waals surface area contributed by atoms with Crippen LogP contribution in [0.1, 0.15) is 23.2 Å². The van der Waals surface area contributed by atoms with Crippen molar-refractivity contribution < 1.29 is 14.3 Å². The molecule has 2 heterocycles. The van der Waals surface area contributed by atoms with Crippen LogP contribution in [0.4, 0.5) is 5.69 Å². The molecule has 0 bridgehead atoms. The van der Waals surface area contributed by atoms with Crippen LogP contribution in [0, 0.1) is 0 Å². The monoisotopic (exact) mass is 350 g/mol. The molecule has 3 aromatic rings. The van der Waals surface area contributed by atoms with E-state index in [1.54, 1.807) is 0 Å². The van der Waals surface area contributed by atoms with Gasteiger partial charge in [-0.2, -0.15) is 0 Å². The lowest BCUT2D eigenvalue weighted by atomic mass is 10.1. The third-order valence-corrected chi connectivity index (χ3v) is 4.74.